The monoisotopic (exact) mass is 330 g/mol. The van der Waals surface area contributed by atoms with E-state index in [0.29, 0.717) is 30.6 Å². The normalized spacial score (nSPS) is 28.1. The first-order chi connectivity index (χ1) is 9.84. The molecular weight excluding hydrogens is 316 g/mol. The lowest BCUT2D eigenvalue weighted by atomic mass is 9.89. The van der Waals surface area contributed by atoms with Gasteiger partial charge in [0, 0.05) is 12.3 Å². The van der Waals surface area contributed by atoms with Crippen LogP contribution in [-0.4, -0.2) is 25.8 Å². The fraction of sp³-hybridized carbons (Fsp3) is 0.538. The highest BCUT2D eigenvalue weighted by atomic mass is 35.5. The minimum absolute atomic E-state index is 0.112. The van der Waals surface area contributed by atoms with Gasteiger partial charge in [0.1, 0.15) is 15.7 Å². The summed E-state index contributed by atoms with van der Waals surface area (Å²) in [6.45, 7) is 0.440. The van der Waals surface area contributed by atoms with Gasteiger partial charge in [0.25, 0.3) is 0 Å². The van der Waals surface area contributed by atoms with Crippen LogP contribution in [-0.2, 0) is 14.8 Å². The number of pyridine rings is 1. The van der Waals surface area contributed by atoms with E-state index in [1.54, 1.807) is 0 Å². The Kier molecular flexibility index (Phi) is 3.67. The maximum absolute atomic E-state index is 11.5. The molecule has 0 saturated heterocycles. The number of ether oxygens (including phenoxy) is 1. The van der Waals surface area contributed by atoms with Gasteiger partial charge in [0.05, 0.1) is 12.8 Å². The Morgan fingerprint density at radius 3 is 2.71 bits per heavy atom. The van der Waals surface area contributed by atoms with E-state index in [-0.39, 0.29) is 21.7 Å². The van der Waals surface area contributed by atoms with E-state index < -0.39 is 10.0 Å². The lowest BCUT2D eigenvalue weighted by Crippen LogP contribution is -2.23. The fourth-order valence-corrected chi connectivity index (χ4v) is 3.98. The number of primary sulfonamides is 1. The Morgan fingerprint density at radius 1 is 1.43 bits per heavy atom. The van der Waals surface area contributed by atoms with Crippen LogP contribution in [0.15, 0.2) is 17.2 Å². The Hall–Kier alpha value is -1.18. The van der Waals surface area contributed by atoms with Crippen molar-refractivity contribution in [2.45, 2.75) is 24.2 Å². The van der Waals surface area contributed by atoms with Crippen LogP contribution in [0.5, 0.6) is 5.88 Å². The highest BCUT2D eigenvalue weighted by Gasteiger charge is 2.45. The maximum atomic E-state index is 11.5. The Labute approximate surface area is 127 Å². The van der Waals surface area contributed by atoms with Crippen molar-refractivity contribution in [3.05, 3.63) is 17.3 Å². The van der Waals surface area contributed by atoms with E-state index in [4.69, 9.17) is 21.5 Å². The summed E-state index contributed by atoms with van der Waals surface area (Å²) in [5, 5.41) is 5.12. The number of nitrogens with zero attached hydrogens (tertiary/aromatic N) is 1. The summed E-state index contributed by atoms with van der Waals surface area (Å²) in [5.41, 5.74) is 0. The number of fused-ring (bicyclic) bond motifs is 2. The molecule has 114 valence electrons. The number of hydrogen-bond donors (Lipinski definition) is 1. The zero-order chi connectivity index (χ0) is 15.2. The number of ketones is 1. The number of nitrogens with two attached hydrogens (primary N) is 1. The van der Waals surface area contributed by atoms with E-state index in [1.165, 1.54) is 6.07 Å². The molecule has 2 aliphatic carbocycles. The van der Waals surface area contributed by atoms with Crippen LogP contribution in [0.2, 0.25) is 5.02 Å². The quantitative estimate of drug-likeness (QED) is 0.899. The van der Waals surface area contributed by atoms with Crippen LogP contribution in [0.4, 0.5) is 0 Å². The second-order valence-electron chi connectivity index (χ2n) is 5.67. The highest BCUT2D eigenvalue weighted by molar-refractivity contribution is 7.89. The van der Waals surface area contributed by atoms with Crippen LogP contribution in [0.3, 0.4) is 0 Å². The van der Waals surface area contributed by atoms with Crippen LogP contribution in [0, 0.1) is 17.8 Å². The summed E-state index contributed by atoms with van der Waals surface area (Å²) in [6, 6.07) is 1.23. The van der Waals surface area contributed by atoms with E-state index in [1.807, 2.05) is 0 Å². The van der Waals surface area contributed by atoms with Gasteiger partial charge in [-0.05, 0) is 30.7 Å². The molecule has 1 aromatic heterocycles. The number of halogens is 1. The Bertz CT molecular complexity index is 691. The van der Waals surface area contributed by atoms with Crippen molar-refractivity contribution in [2.75, 3.05) is 6.61 Å². The van der Waals surface area contributed by atoms with Gasteiger partial charge in [-0.1, -0.05) is 11.6 Å². The van der Waals surface area contributed by atoms with Gasteiger partial charge in [-0.25, -0.2) is 18.5 Å². The first-order valence-electron chi connectivity index (χ1n) is 6.68. The minimum atomic E-state index is -3.83. The van der Waals surface area contributed by atoms with Crippen LogP contribution in [0.1, 0.15) is 19.3 Å². The Balaban J connectivity index is 1.65. The van der Waals surface area contributed by atoms with Gasteiger partial charge < -0.3 is 4.74 Å². The summed E-state index contributed by atoms with van der Waals surface area (Å²) >= 11 is 5.96. The van der Waals surface area contributed by atoms with E-state index in [0.717, 1.165) is 19.0 Å². The molecule has 2 aliphatic rings. The predicted molar refractivity (Wildman–Crippen MR) is 75.4 cm³/mol. The van der Waals surface area contributed by atoms with Crippen molar-refractivity contribution in [1.29, 1.82) is 0 Å². The molecule has 1 heterocycles. The fourth-order valence-electron chi connectivity index (χ4n) is 3.21. The van der Waals surface area contributed by atoms with Gasteiger partial charge in [-0.15, -0.1) is 0 Å². The minimum Gasteiger partial charge on any atom is -0.476 e. The lowest BCUT2D eigenvalue weighted by molar-refractivity contribution is -0.122. The average molecular weight is 331 g/mol. The molecule has 3 rings (SSSR count). The van der Waals surface area contributed by atoms with Crippen molar-refractivity contribution in [3.63, 3.8) is 0 Å². The summed E-state index contributed by atoms with van der Waals surface area (Å²) in [6.07, 6.45) is 3.58. The smallest absolute Gasteiger partial charge is 0.239 e. The molecule has 0 aliphatic heterocycles. The van der Waals surface area contributed by atoms with Crippen molar-refractivity contribution in [1.82, 2.24) is 4.98 Å². The van der Waals surface area contributed by atoms with Crippen molar-refractivity contribution in [3.8, 4) is 5.88 Å². The molecule has 1 aromatic rings. The highest BCUT2D eigenvalue weighted by Crippen LogP contribution is 2.46. The van der Waals surface area contributed by atoms with Crippen LogP contribution in [0.25, 0.3) is 0 Å². The number of rotatable bonds is 4. The SMILES string of the molecule is NS(=O)(=O)c1cnc(OC[C@H]2C[C@H]3C[C@H]2CC3=O)c(Cl)c1. The lowest BCUT2D eigenvalue weighted by Gasteiger charge is -2.21. The molecular formula is C13H15ClN2O4S. The average Bonchev–Trinajstić information content (AvgIpc) is 2.95. The molecule has 8 heteroatoms. The Morgan fingerprint density at radius 2 is 2.19 bits per heavy atom. The summed E-state index contributed by atoms with van der Waals surface area (Å²) in [7, 11) is -3.83. The third-order valence-corrected chi connectivity index (χ3v) is 5.46. The molecule has 2 fully saturated rings. The van der Waals surface area contributed by atoms with E-state index >= 15 is 0 Å². The van der Waals surface area contributed by atoms with Crippen molar-refractivity contribution >= 4 is 27.4 Å². The number of carbonyl (C=O) groups excluding carboxylic acids is 1. The molecule has 3 atom stereocenters. The van der Waals surface area contributed by atoms with Crippen molar-refractivity contribution < 1.29 is 17.9 Å². The molecule has 2 bridgehead atoms. The van der Waals surface area contributed by atoms with Gasteiger partial charge in [-0.3, -0.25) is 4.79 Å². The van der Waals surface area contributed by atoms with Gasteiger partial charge in [0.15, 0.2) is 0 Å². The molecule has 0 radical (unpaired) electrons. The largest absolute Gasteiger partial charge is 0.476 e. The number of aromatic nitrogens is 1. The first-order valence-corrected chi connectivity index (χ1v) is 8.61. The second kappa shape index (κ2) is 5.23. The molecule has 0 spiro atoms. The standard InChI is InChI=1S/C13H15ClN2O4S/c14-11-4-10(21(15,18)19)5-16-13(11)20-6-9-2-8-1-7(9)3-12(8)17/h4-5,7-9H,1-3,6H2,(H2,15,18,19)/t7-,8+,9+/m0/s1. The van der Waals surface area contributed by atoms with E-state index in [9.17, 15) is 13.2 Å². The molecule has 0 unspecified atom stereocenters. The maximum Gasteiger partial charge on any atom is 0.239 e. The van der Waals surface area contributed by atoms with Crippen LogP contribution < -0.4 is 9.88 Å². The molecule has 2 N–H and O–H groups in total. The molecule has 6 nitrogen and oxygen atoms in total. The third kappa shape index (κ3) is 2.90. The summed E-state index contributed by atoms with van der Waals surface area (Å²) in [4.78, 5) is 15.3. The first kappa shape index (κ1) is 14.7. The molecule has 21 heavy (non-hydrogen) atoms. The third-order valence-electron chi connectivity index (χ3n) is 4.30. The number of carbonyl (C=O) groups is 1. The number of Topliss-reactive ketones (excluding diaryl/α,β-unsaturated/α-hetero) is 1. The van der Waals surface area contributed by atoms with Crippen LogP contribution >= 0.6 is 11.6 Å². The zero-order valence-electron chi connectivity index (χ0n) is 11.2. The summed E-state index contributed by atoms with van der Waals surface area (Å²) < 4.78 is 28.0. The zero-order valence-corrected chi connectivity index (χ0v) is 12.7. The van der Waals surface area contributed by atoms with E-state index in [2.05, 4.69) is 4.98 Å². The second-order valence-corrected chi connectivity index (χ2v) is 7.64. The predicted octanol–water partition coefficient (Wildman–Crippen LogP) is 1.38. The number of sulfonamides is 1. The van der Waals surface area contributed by atoms with Gasteiger partial charge >= 0.3 is 0 Å². The molecule has 2 saturated carbocycles. The number of hydrogen-bond acceptors (Lipinski definition) is 5. The van der Waals surface area contributed by atoms with Crippen molar-refractivity contribution in [2.24, 2.45) is 22.9 Å². The van der Waals surface area contributed by atoms with Gasteiger partial charge in [0.2, 0.25) is 15.9 Å². The summed E-state index contributed by atoms with van der Waals surface area (Å²) in [5.74, 6) is 1.48. The topological polar surface area (TPSA) is 99.4 Å². The molecule has 0 aromatic carbocycles. The molecule has 0 amide bonds. The van der Waals surface area contributed by atoms with Gasteiger partial charge in [-0.2, -0.15) is 0 Å².